The number of amides is 2. The van der Waals surface area contributed by atoms with E-state index >= 15 is 0 Å². The van der Waals surface area contributed by atoms with Gasteiger partial charge in [0.05, 0.1) is 6.20 Å². The topological polar surface area (TPSA) is 168 Å². The number of aliphatic hydroxyl groups excluding tert-OH is 1. The summed E-state index contributed by atoms with van der Waals surface area (Å²) in [5.41, 5.74) is 6.40. The van der Waals surface area contributed by atoms with Gasteiger partial charge >= 0.3 is 0 Å². The summed E-state index contributed by atoms with van der Waals surface area (Å²) in [4.78, 5) is 40.7. The average Bonchev–Trinajstić information content (AvgIpc) is 3.95. The van der Waals surface area contributed by atoms with Crippen LogP contribution in [0.4, 0.5) is 5.69 Å². The lowest BCUT2D eigenvalue weighted by atomic mass is 9.72. The van der Waals surface area contributed by atoms with Gasteiger partial charge in [-0.15, -0.1) is 0 Å². The molecule has 268 valence electrons. The van der Waals surface area contributed by atoms with Crippen LogP contribution in [0.25, 0.3) is 44.9 Å². The highest BCUT2D eigenvalue weighted by Gasteiger charge is 2.62. The van der Waals surface area contributed by atoms with Gasteiger partial charge in [0.25, 0.3) is 0 Å². The molecule has 5 N–H and O–H groups in total. The quantitative estimate of drug-likeness (QED) is 0.133. The van der Waals surface area contributed by atoms with Crippen LogP contribution in [0.2, 0.25) is 0 Å². The number of aromatic amines is 1. The smallest absolute Gasteiger partial charge is 0.249 e. The van der Waals surface area contributed by atoms with E-state index in [-0.39, 0.29) is 30.0 Å². The predicted molar refractivity (Wildman–Crippen MR) is 199 cm³/mol. The standard InChI is InChI=1S/C40H35BrN6O6/c1-16(2)30-38-46-32-34(53-38)40-23-10-18(11-26(35(49)45-30)44-36(50)33(48)17(3)4)8-9-27(23)52-39(40)47-31-21(12-19(41)13-24(31)40)20-6-5-7-25-29(20)22(14-42-25)28-15-43-37(32)51-28/h5-10,12-17,26,30,33,39,42,47-48H,11H2,1-4H3,(H,44,50)(H,45,49)/t26-,30-,33-,39?,40?/m0/s1. The van der Waals surface area contributed by atoms with Crippen molar-refractivity contribution >= 4 is 44.3 Å². The molecule has 4 aliphatic heterocycles. The Morgan fingerprint density at radius 3 is 2.70 bits per heavy atom. The van der Waals surface area contributed by atoms with Crippen molar-refractivity contribution < 1.29 is 28.3 Å². The van der Waals surface area contributed by atoms with Crippen molar-refractivity contribution in [1.29, 1.82) is 0 Å². The van der Waals surface area contributed by atoms with Gasteiger partial charge in [0, 0.05) is 55.9 Å². The molecule has 10 rings (SSSR count). The van der Waals surface area contributed by atoms with Crippen molar-refractivity contribution in [3.05, 3.63) is 93.7 Å². The molecule has 0 radical (unpaired) electrons. The molecule has 7 heterocycles. The second-order valence-electron chi connectivity index (χ2n) is 15.0. The lowest BCUT2D eigenvalue weighted by molar-refractivity contribution is -0.135. The van der Waals surface area contributed by atoms with E-state index in [1.807, 2.05) is 50.4 Å². The van der Waals surface area contributed by atoms with Crippen molar-refractivity contribution in [2.75, 3.05) is 5.32 Å². The molecule has 5 atom stereocenters. The molecule has 2 unspecified atom stereocenters. The van der Waals surface area contributed by atoms with E-state index in [0.717, 1.165) is 54.4 Å². The van der Waals surface area contributed by atoms with E-state index in [2.05, 4.69) is 55.1 Å². The lowest BCUT2D eigenvalue weighted by Gasteiger charge is -2.29. The van der Waals surface area contributed by atoms with E-state index in [1.54, 1.807) is 20.0 Å². The number of fused-ring (bicyclic) bond motifs is 7. The van der Waals surface area contributed by atoms with E-state index in [4.69, 9.17) is 23.5 Å². The normalized spacial score (nSPS) is 22.4. The number of anilines is 1. The number of H-pyrrole nitrogens is 1. The third kappa shape index (κ3) is 4.50. The van der Waals surface area contributed by atoms with Crippen LogP contribution < -0.4 is 20.7 Å². The third-order valence-corrected chi connectivity index (χ3v) is 11.5. The maximum absolute atomic E-state index is 14.2. The summed E-state index contributed by atoms with van der Waals surface area (Å²) >= 11 is 3.87. The van der Waals surface area contributed by atoms with Crippen LogP contribution in [0.15, 0.2) is 74.2 Å². The van der Waals surface area contributed by atoms with Crippen molar-refractivity contribution in [3.8, 4) is 39.8 Å². The summed E-state index contributed by atoms with van der Waals surface area (Å²) in [6.07, 6.45) is 1.84. The number of nitrogens with one attached hydrogen (secondary N) is 4. The fourth-order valence-corrected chi connectivity index (χ4v) is 8.90. The molecule has 3 aromatic heterocycles. The average molecular weight is 776 g/mol. The number of nitrogens with zero attached hydrogens (tertiary/aromatic N) is 2. The second-order valence-corrected chi connectivity index (χ2v) is 15.9. The number of hydrogen-bond acceptors (Lipinski definition) is 9. The Morgan fingerprint density at radius 2 is 1.89 bits per heavy atom. The number of aromatic nitrogens is 3. The van der Waals surface area contributed by atoms with Gasteiger partial charge < -0.3 is 39.6 Å². The number of carbonyl (C=O) groups is 2. The second kappa shape index (κ2) is 11.3. The number of oxazole rings is 2. The summed E-state index contributed by atoms with van der Waals surface area (Å²) in [7, 11) is 0. The first-order valence-corrected chi connectivity index (χ1v) is 18.6. The molecule has 4 aliphatic rings. The molecule has 3 aromatic carbocycles. The number of ether oxygens (including phenoxy) is 1. The van der Waals surface area contributed by atoms with E-state index < -0.39 is 41.6 Å². The SMILES string of the molecule is CC(C)[C@H](O)C(=O)N[C@H]1Cc2ccc3c(c2)C24c5cc(Br)cc(c5NC2O3)-c2cccc3[nH]cc(c23)-c2cnc(o2)-c2nc(oc24)[C@H](C(C)C)NC1=O. The van der Waals surface area contributed by atoms with E-state index in [9.17, 15) is 14.7 Å². The molecule has 0 aliphatic carbocycles. The van der Waals surface area contributed by atoms with Crippen LogP contribution in [0.1, 0.15) is 62.1 Å². The molecule has 6 aromatic rings. The summed E-state index contributed by atoms with van der Waals surface area (Å²) in [5, 5.41) is 21.3. The monoisotopic (exact) mass is 774 g/mol. The van der Waals surface area contributed by atoms with Crippen LogP contribution >= 0.6 is 15.9 Å². The van der Waals surface area contributed by atoms with Crippen molar-refractivity contribution in [2.24, 2.45) is 11.8 Å². The summed E-state index contributed by atoms with van der Waals surface area (Å²) in [6, 6.07) is 14.5. The van der Waals surface area contributed by atoms with Crippen LogP contribution in [0.3, 0.4) is 0 Å². The Kier molecular flexibility index (Phi) is 6.88. The largest absolute Gasteiger partial charge is 0.469 e. The molecule has 53 heavy (non-hydrogen) atoms. The Hall–Kier alpha value is -5.40. The van der Waals surface area contributed by atoms with Crippen LogP contribution in [0, 0.1) is 11.8 Å². The zero-order valence-corrected chi connectivity index (χ0v) is 30.8. The van der Waals surface area contributed by atoms with Gasteiger partial charge in [0.1, 0.15) is 29.4 Å². The van der Waals surface area contributed by atoms with Gasteiger partial charge in [-0.05, 0) is 47.2 Å². The van der Waals surface area contributed by atoms with E-state index in [1.165, 1.54) is 0 Å². The lowest BCUT2D eigenvalue weighted by Crippen LogP contribution is -2.52. The van der Waals surface area contributed by atoms with Gasteiger partial charge in [0.2, 0.25) is 23.6 Å². The Bertz CT molecular complexity index is 2530. The summed E-state index contributed by atoms with van der Waals surface area (Å²) in [5.74, 6) is 0.609. The van der Waals surface area contributed by atoms with Gasteiger partial charge in [-0.2, -0.15) is 0 Å². The molecule has 2 amide bonds. The zero-order valence-electron chi connectivity index (χ0n) is 29.2. The van der Waals surface area contributed by atoms with Crippen molar-refractivity contribution in [3.63, 3.8) is 0 Å². The minimum Gasteiger partial charge on any atom is -0.469 e. The Balaban J connectivity index is 1.29. The number of rotatable bonds is 4. The molecule has 0 fully saturated rings. The summed E-state index contributed by atoms with van der Waals surface area (Å²) in [6.45, 7) is 7.43. The first-order valence-electron chi connectivity index (χ1n) is 17.8. The zero-order chi connectivity index (χ0) is 36.5. The van der Waals surface area contributed by atoms with Crippen molar-refractivity contribution in [1.82, 2.24) is 25.6 Å². The Labute approximate surface area is 311 Å². The van der Waals surface area contributed by atoms with Crippen molar-refractivity contribution in [2.45, 2.75) is 63.9 Å². The number of hydrogen-bond donors (Lipinski definition) is 5. The Morgan fingerprint density at radius 1 is 1.04 bits per heavy atom. The highest BCUT2D eigenvalue weighted by atomic mass is 79.9. The molecule has 12 nitrogen and oxygen atoms in total. The predicted octanol–water partition coefficient (Wildman–Crippen LogP) is 6.57. The molecule has 1 spiro atoms. The molecule has 10 bridgehead atoms. The van der Waals surface area contributed by atoms with Gasteiger partial charge in [-0.3, -0.25) is 9.59 Å². The minimum atomic E-state index is -1.28. The fourth-order valence-electron chi connectivity index (χ4n) is 8.44. The number of carbonyl (C=O) groups excluding carboxylic acids is 2. The first-order chi connectivity index (χ1) is 25.5. The van der Waals surface area contributed by atoms with E-state index in [0.29, 0.717) is 23.0 Å². The van der Waals surface area contributed by atoms with Crippen LogP contribution in [-0.2, 0) is 21.4 Å². The molecular formula is C40H35BrN6O6. The number of halogens is 1. The fraction of sp³-hybridized carbons (Fsp3) is 0.300. The van der Waals surface area contributed by atoms with Gasteiger partial charge in [0.15, 0.2) is 23.4 Å². The summed E-state index contributed by atoms with van der Waals surface area (Å²) < 4.78 is 21.3. The molecule has 0 saturated carbocycles. The molecular weight excluding hydrogens is 740 g/mol. The van der Waals surface area contributed by atoms with Crippen LogP contribution in [-0.4, -0.2) is 50.2 Å². The van der Waals surface area contributed by atoms with Gasteiger partial charge in [-0.1, -0.05) is 67.9 Å². The number of benzene rings is 3. The minimum absolute atomic E-state index is 0.159. The third-order valence-electron chi connectivity index (χ3n) is 11.1. The van der Waals surface area contributed by atoms with Gasteiger partial charge in [-0.25, -0.2) is 9.97 Å². The molecule has 0 saturated heterocycles. The first kappa shape index (κ1) is 32.3. The number of aliphatic hydroxyl groups is 1. The maximum atomic E-state index is 14.2. The molecule has 13 heteroatoms. The van der Waals surface area contributed by atoms with Crippen LogP contribution in [0.5, 0.6) is 5.75 Å². The highest BCUT2D eigenvalue weighted by Crippen LogP contribution is 2.62. The maximum Gasteiger partial charge on any atom is 0.249 e. The highest BCUT2D eigenvalue weighted by molar-refractivity contribution is 9.10.